The molecule has 0 aliphatic carbocycles. The fourth-order valence-corrected chi connectivity index (χ4v) is 2.68. The number of benzene rings is 1. The van der Waals surface area contributed by atoms with E-state index in [1.54, 1.807) is 0 Å². The maximum Gasteiger partial charge on any atom is 0.305 e. The number of rotatable bonds is 10. The third-order valence-corrected chi connectivity index (χ3v) is 4.18. The molecule has 0 radical (unpaired) electrons. The minimum atomic E-state index is -1.91. The van der Waals surface area contributed by atoms with E-state index < -0.39 is 83.8 Å². The number of aliphatic carboxylic acids is 1. The number of ether oxygens (including phenoxy) is 1. The monoisotopic (exact) mass is 487 g/mol. The summed E-state index contributed by atoms with van der Waals surface area (Å²) >= 11 is 0. The second kappa shape index (κ2) is 11.1. The molecule has 34 heavy (non-hydrogen) atoms. The molecule has 10 nitrogen and oxygen atoms in total. The predicted octanol–water partition coefficient (Wildman–Crippen LogP) is 0.971. The number of pyridine rings is 1. The van der Waals surface area contributed by atoms with Crippen molar-refractivity contribution in [3.8, 4) is 5.75 Å². The van der Waals surface area contributed by atoms with Gasteiger partial charge in [0, 0.05) is 19.2 Å². The third-order valence-electron chi connectivity index (χ3n) is 4.18. The number of carbonyl (C=O) groups is 4. The van der Waals surface area contributed by atoms with E-state index in [1.807, 2.05) is 5.32 Å². The number of carboxylic acids is 1. The molecule has 2 amide bonds. The molecule has 0 aliphatic rings. The summed E-state index contributed by atoms with van der Waals surface area (Å²) < 4.78 is 59.2. The van der Waals surface area contributed by atoms with Gasteiger partial charge in [0.1, 0.15) is 24.9 Å². The number of amides is 2. The highest BCUT2D eigenvalue weighted by atomic mass is 19.2. The molecule has 2 aromatic rings. The Balaban J connectivity index is 2.14. The van der Waals surface area contributed by atoms with Gasteiger partial charge in [-0.3, -0.25) is 24.0 Å². The van der Waals surface area contributed by atoms with E-state index in [2.05, 4.69) is 10.1 Å². The number of nitrogens with zero attached hydrogens (tertiary/aromatic N) is 1. The van der Waals surface area contributed by atoms with Crippen LogP contribution >= 0.6 is 0 Å². The fourth-order valence-electron chi connectivity index (χ4n) is 2.68. The van der Waals surface area contributed by atoms with Gasteiger partial charge >= 0.3 is 5.97 Å². The highest BCUT2D eigenvalue weighted by molar-refractivity contribution is 5.93. The summed E-state index contributed by atoms with van der Waals surface area (Å²) in [6.45, 7) is -0.772. The molecule has 0 bridgehead atoms. The average molecular weight is 487 g/mol. The van der Waals surface area contributed by atoms with Gasteiger partial charge in [0.05, 0.1) is 6.42 Å². The summed E-state index contributed by atoms with van der Waals surface area (Å²) in [5.41, 5.74) is -0.905. The quantitative estimate of drug-likeness (QED) is 0.335. The number of aromatic nitrogens is 1. The van der Waals surface area contributed by atoms with Crippen molar-refractivity contribution in [1.82, 2.24) is 9.88 Å². The summed E-state index contributed by atoms with van der Waals surface area (Å²) in [4.78, 5) is 59.1. The number of anilines is 1. The van der Waals surface area contributed by atoms with Gasteiger partial charge in [-0.1, -0.05) is 0 Å². The van der Waals surface area contributed by atoms with Gasteiger partial charge in [-0.25, -0.2) is 8.78 Å². The Hall–Kier alpha value is -4.23. The zero-order valence-corrected chi connectivity index (χ0v) is 17.4. The first kappa shape index (κ1) is 26.0. The standard InChI is InChI=1S/C20H17F4N3O7/c1-9(28)25-12-3-2-4-27(20(12)33)7-15(30)26-13(6-16(31)32)14(29)8-34-19-17(23)10(21)5-11(22)18(19)24/h2-5,13H,6-8H2,1H3,(H,25,28)(H,26,30)(H,31,32). The van der Waals surface area contributed by atoms with Gasteiger partial charge in [0.25, 0.3) is 5.56 Å². The fraction of sp³-hybridized carbons (Fsp3) is 0.250. The molecule has 1 aromatic carbocycles. The van der Waals surface area contributed by atoms with E-state index in [-0.39, 0.29) is 11.8 Å². The molecule has 14 heteroatoms. The normalized spacial score (nSPS) is 11.4. The van der Waals surface area contributed by atoms with Gasteiger partial charge < -0.3 is 25.0 Å². The van der Waals surface area contributed by atoms with Crippen molar-refractivity contribution in [2.75, 3.05) is 11.9 Å². The van der Waals surface area contributed by atoms with Gasteiger partial charge in [0.15, 0.2) is 23.2 Å². The lowest BCUT2D eigenvalue weighted by molar-refractivity contribution is -0.140. The Morgan fingerprint density at radius 1 is 1.12 bits per heavy atom. The van der Waals surface area contributed by atoms with Crippen LogP contribution in [0.4, 0.5) is 23.2 Å². The first-order valence-electron chi connectivity index (χ1n) is 9.37. The van der Waals surface area contributed by atoms with Gasteiger partial charge in [-0.2, -0.15) is 8.78 Å². The van der Waals surface area contributed by atoms with E-state index in [4.69, 9.17) is 5.11 Å². The van der Waals surface area contributed by atoms with Gasteiger partial charge in [-0.15, -0.1) is 0 Å². The molecular formula is C20H17F4N3O7. The third kappa shape index (κ3) is 6.63. The highest BCUT2D eigenvalue weighted by Gasteiger charge is 2.27. The van der Waals surface area contributed by atoms with Crippen molar-refractivity contribution in [3.05, 3.63) is 58.0 Å². The van der Waals surface area contributed by atoms with Crippen LogP contribution in [-0.2, 0) is 25.7 Å². The van der Waals surface area contributed by atoms with E-state index in [0.717, 1.165) is 11.5 Å². The summed E-state index contributed by atoms with van der Waals surface area (Å²) in [5, 5.41) is 13.3. The van der Waals surface area contributed by atoms with Crippen LogP contribution in [0.25, 0.3) is 0 Å². The maximum atomic E-state index is 13.7. The number of hydrogen-bond donors (Lipinski definition) is 3. The Labute approximate surface area is 188 Å². The molecular weight excluding hydrogens is 470 g/mol. The number of carboxylic acid groups (broad SMARTS) is 1. The van der Waals surface area contributed by atoms with Crippen molar-refractivity contribution in [2.24, 2.45) is 0 Å². The smallest absolute Gasteiger partial charge is 0.305 e. The highest BCUT2D eigenvalue weighted by Crippen LogP contribution is 2.26. The van der Waals surface area contributed by atoms with Crippen molar-refractivity contribution >= 4 is 29.3 Å². The molecule has 0 spiro atoms. The SMILES string of the molecule is CC(=O)Nc1cccn(CC(=O)NC(CC(=O)O)C(=O)COc2c(F)c(F)cc(F)c2F)c1=O. The molecule has 1 heterocycles. The number of ketones is 1. The van der Waals surface area contributed by atoms with Gasteiger partial charge in [-0.05, 0) is 12.1 Å². The van der Waals surface area contributed by atoms with Crippen LogP contribution < -0.4 is 20.9 Å². The van der Waals surface area contributed by atoms with Crippen molar-refractivity contribution in [3.63, 3.8) is 0 Å². The molecule has 0 saturated carbocycles. The minimum Gasteiger partial charge on any atom is -0.481 e. The maximum absolute atomic E-state index is 13.7. The van der Waals surface area contributed by atoms with Crippen LogP contribution in [0.2, 0.25) is 0 Å². The first-order chi connectivity index (χ1) is 15.9. The first-order valence-corrected chi connectivity index (χ1v) is 9.37. The van der Waals surface area contributed by atoms with Crippen LogP contribution in [0.15, 0.2) is 29.2 Å². The largest absolute Gasteiger partial charge is 0.481 e. The lowest BCUT2D eigenvalue weighted by Crippen LogP contribution is -2.46. The second-order valence-corrected chi connectivity index (χ2v) is 6.81. The lowest BCUT2D eigenvalue weighted by Gasteiger charge is -2.17. The van der Waals surface area contributed by atoms with E-state index in [1.165, 1.54) is 18.3 Å². The Morgan fingerprint density at radius 3 is 2.29 bits per heavy atom. The molecule has 3 N–H and O–H groups in total. The molecule has 1 atom stereocenters. The molecule has 1 aromatic heterocycles. The predicted molar refractivity (Wildman–Crippen MR) is 106 cm³/mol. The molecule has 0 aliphatic heterocycles. The Bertz CT molecular complexity index is 1170. The van der Waals surface area contributed by atoms with Crippen LogP contribution in [0.1, 0.15) is 13.3 Å². The molecule has 0 fully saturated rings. The van der Waals surface area contributed by atoms with Crippen LogP contribution in [0, 0.1) is 23.3 Å². The van der Waals surface area contributed by atoms with Crippen molar-refractivity contribution in [2.45, 2.75) is 25.9 Å². The summed E-state index contributed by atoms with van der Waals surface area (Å²) in [5.74, 6) is -13.2. The van der Waals surface area contributed by atoms with E-state index in [0.29, 0.717) is 0 Å². The lowest BCUT2D eigenvalue weighted by atomic mass is 10.1. The minimum absolute atomic E-state index is 0.0737. The molecule has 182 valence electrons. The zero-order chi connectivity index (χ0) is 25.6. The Morgan fingerprint density at radius 2 is 1.74 bits per heavy atom. The summed E-state index contributed by atoms with van der Waals surface area (Å²) in [7, 11) is 0. The number of Topliss-reactive ketones (excluding diaryl/α,β-unsaturated/α-hetero) is 1. The average Bonchev–Trinajstić information content (AvgIpc) is 2.74. The Kier molecular flexibility index (Phi) is 8.47. The number of halogens is 4. The number of hydrogen-bond acceptors (Lipinski definition) is 6. The summed E-state index contributed by atoms with van der Waals surface area (Å²) in [6.07, 6.45) is 0.214. The summed E-state index contributed by atoms with van der Waals surface area (Å²) in [6, 6.07) is 0.772. The number of carbonyl (C=O) groups excluding carboxylic acids is 3. The molecule has 2 rings (SSSR count). The van der Waals surface area contributed by atoms with E-state index in [9.17, 15) is 41.5 Å². The van der Waals surface area contributed by atoms with Crippen molar-refractivity contribution in [1.29, 1.82) is 0 Å². The number of nitrogens with one attached hydrogen (secondary N) is 2. The van der Waals surface area contributed by atoms with E-state index >= 15 is 0 Å². The van der Waals surface area contributed by atoms with Crippen LogP contribution in [-0.4, -0.2) is 45.9 Å². The second-order valence-electron chi connectivity index (χ2n) is 6.81. The topological polar surface area (TPSA) is 144 Å². The van der Waals surface area contributed by atoms with Crippen LogP contribution in [0.3, 0.4) is 0 Å². The molecule has 1 unspecified atom stereocenters. The molecule has 0 saturated heterocycles. The zero-order valence-electron chi connectivity index (χ0n) is 17.4. The van der Waals surface area contributed by atoms with Gasteiger partial charge in [0.2, 0.25) is 23.4 Å². The van der Waals surface area contributed by atoms with Crippen LogP contribution in [0.5, 0.6) is 5.75 Å². The van der Waals surface area contributed by atoms with Crippen molar-refractivity contribution < 1.29 is 46.6 Å².